The molecule has 3 aromatic rings. The second-order valence-electron chi connectivity index (χ2n) is 5.63. The van der Waals surface area contributed by atoms with E-state index in [1.807, 2.05) is 24.5 Å². The number of hydrogen-bond donors (Lipinski definition) is 2. The Labute approximate surface area is 123 Å². The summed E-state index contributed by atoms with van der Waals surface area (Å²) in [6, 6.07) is 17.2. The van der Waals surface area contributed by atoms with Gasteiger partial charge >= 0.3 is 0 Å². The van der Waals surface area contributed by atoms with Crippen molar-refractivity contribution in [1.29, 1.82) is 0 Å². The molecule has 1 heterocycles. The first-order chi connectivity index (χ1) is 10.3. The SMILES string of the molecule is Nc1ccc(NC2CC2c2ccccc2)c2ccncc12. The zero-order valence-corrected chi connectivity index (χ0v) is 11.7. The lowest BCUT2D eigenvalue weighted by Gasteiger charge is -2.11. The molecule has 3 nitrogen and oxygen atoms in total. The van der Waals surface area contributed by atoms with Crippen LogP contribution in [0.2, 0.25) is 0 Å². The summed E-state index contributed by atoms with van der Waals surface area (Å²) in [4.78, 5) is 4.16. The fourth-order valence-corrected chi connectivity index (χ4v) is 2.96. The summed E-state index contributed by atoms with van der Waals surface area (Å²) < 4.78 is 0. The number of nitrogen functional groups attached to an aromatic ring is 1. The van der Waals surface area contributed by atoms with Gasteiger partial charge in [-0.1, -0.05) is 30.3 Å². The van der Waals surface area contributed by atoms with Crippen molar-refractivity contribution in [3.63, 3.8) is 0 Å². The van der Waals surface area contributed by atoms with Gasteiger partial charge in [-0.2, -0.15) is 0 Å². The summed E-state index contributed by atoms with van der Waals surface area (Å²) >= 11 is 0. The number of hydrogen-bond acceptors (Lipinski definition) is 3. The smallest absolute Gasteiger partial charge is 0.0424 e. The molecular formula is C18H17N3. The molecule has 104 valence electrons. The Balaban J connectivity index is 1.61. The zero-order chi connectivity index (χ0) is 14.2. The van der Waals surface area contributed by atoms with Crippen LogP contribution in [0.1, 0.15) is 17.9 Å². The standard InChI is InChI=1S/C18H17N3/c19-16-6-7-17(13-8-9-20-11-15(13)16)21-18-10-14(18)12-4-2-1-3-5-12/h1-9,11,14,18,21H,10,19H2. The van der Waals surface area contributed by atoms with Gasteiger partial charge in [0.25, 0.3) is 0 Å². The van der Waals surface area contributed by atoms with Crippen LogP contribution in [0.25, 0.3) is 10.8 Å². The first kappa shape index (κ1) is 12.2. The van der Waals surface area contributed by atoms with Gasteiger partial charge in [-0.25, -0.2) is 0 Å². The predicted molar refractivity (Wildman–Crippen MR) is 87.4 cm³/mol. The second kappa shape index (κ2) is 4.77. The van der Waals surface area contributed by atoms with Crippen molar-refractivity contribution in [3.8, 4) is 0 Å². The van der Waals surface area contributed by atoms with Crippen molar-refractivity contribution in [3.05, 3.63) is 66.5 Å². The highest BCUT2D eigenvalue weighted by Crippen LogP contribution is 2.43. The summed E-state index contributed by atoms with van der Waals surface area (Å²) in [5.41, 5.74) is 9.36. The molecule has 2 unspecified atom stereocenters. The van der Waals surface area contributed by atoms with E-state index in [0.717, 1.165) is 22.1 Å². The lowest BCUT2D eigenvalue weighted by atomic mass is 10.1. The van der Waals surface area contributed by atoms with E-state index >= 15 is 0 Å². The topological polar surface area (TPSA) is 50.9 Å². The van der Waals surface area contributed by atoms with Crippen LogP contribution in [0.3, 0.4) is 0 Å². The summed E-state index contributed by atoms with van der Waals surface area (Å²) in [7, 11) is 0. The van der Waals surface area contributed by atoms with Crippen LogP contribution in [-0.2, 0) is 0 Å². The van der Waals surface area contributed by atoms with E-state index in [4.69, 9.17) is 5.73 Å². The average Bonchev–Trinajstić information content (AvgIpc) is 3.31. The molecule has 21 heavy (non-hydrogen) atoms. The Morgan fingerprint density at radius 2 is 1.86 bits per heavy atom. The fourth-order valence-electron chi connectivity index (χ4n) is 2.96. The molecule has 0 radical (unpaired) electrons. The Kier molecular flexibility index (Phi) is 2.78. The molecule has 0 saturated heterocycles. The number of rotatable bonds is 3. The number of fused-ring (bicyclic) bond motifs is 1. The van der Waals surface area contributed by atoms with Gasteiger partial charge in [-0.05, 0) is 30.2 Å². The van der Waals surface area contributed by atoms with Crippen LogP contribution in [0, 0.1) is 0 Å². The third kappa shape index (κ3) is 2.21. The molecule has 4 rings (SSSR count). The number of nitrogens with one attached hydrogen (secondary N) is 1. The van der Waals surface area contributed by atoms with Crippen LogP contribution in [-0.4, -0.2) is 11.0 Å². The predicted octanol–water partition coefficient (Wildman–Crippen LogP) is 3.79. The molecule has 1 aromatic heterocycles. The van der Waals surface area contributed by atoms with Crippen molar-refractivity contribution in [2.75, 3.05) is 11.1 Å². The molecule has 0 amide bonds. The van der Waals surface area contributed by atoms with Crippen molar-refractivity contribution in [2.24, 2.45) is 0 Å². The van der Waals surface area contributed by atoms with Crippen molar-refractivity contribution in [2.45, 2.75) is 18.4 Å². The molecule has 0 bridgehead atoms. The highest BCUT2D eigenvalue weighted by atomic mass is 15.0. The first-order valence-corrected chi connectivity index (χ1v) is 7.26. The Hall–Kier alpha value is -2.55. The summed E-state index contributed by atoms with van der Waals surface area (Å²) in [5, 5.41) is 5.81. The monoisotopic (exact) mass is 275 g/mol. The van der Waals surface area contributed by atoms with Gasteiger partial charge in [-0.3, -0.25) is 4.98 Å². The summed E-state index contributed by atoms with van der Waals surface area (Å²) in [6.45, 7) is 0. The van der Waals surface area contributed by atoms with E-state index in [0.29, 0.717) is 12.0 Å². The van der Waals surface area contributed by atoms with Crippen molar-refractivity contribution < 1.29 is 0 Å². The third-order valence-electron chi connectivity index (χ3n) is 4.21. The first-order valence-electron chi connectivity index (χ1n) is 7.26. The molecule has 3 heteroatoms. The van der Waals surface area contributed by atoms with Gasteiger partial charge in [0.15, 0.2) is 0 Å². The number of pyridine rings is 1. The maximum Gasteiger partial charge on any atom is 0.0424 e. The lowest BCUT2D eigenvalue weighted by molar-refractivity contribution is 1.05. The molecular weight excluding hydrogens is 258 g/mol. The van der Waals surface area contributed by atoms with E-state index in [1.165, 1.54) is 12.0 Å². The summed E-state index contributed by atoms with van der Waals surface area (Å²) in [5.74, 6) is 0.612. The normalized spacial score (nSPS) is 20.4. The molecule has 1 saturated carbocycles. The van der Waals surface area contributed by atoms with Gasteiger partial charge in [0.05, 0.1) is 0 Å². The number of aromatic nitrogens is 1. The van der Waals surface area contributed by atoms with Crippen LogP contribution >= 0.6 is 0 Å². The third-order valence-corrected chi connectivity index (χ3v) is 4.21. The van der Waals surface area contributed by atoms with Crippen LogP contribution in [0.5, 0.6) is 0 Å². The van der Waals surface area contributed by atoms with Crippen LogP contribution in [0.4, 0.5) is 11.4 Å². The highest BCUT2D eigenvalue weighted by molar-refractivity contribution is 6.00. The van der Waals surface area contributed by atoms with Gasteiger partial charge in [0.1, 0.15) is 0 Å². The Morgan fingerprint density at radius 3 is 2.71 bits per heavy atom. The molecule has 0 spiro atoms. The minimum absolute atomic E-state index is 0.507. The van der Waals surface area contributed by atoms with Crippen molar-refractivity contribution >= 4 is 22.1 Å². The number of nitrogens with zero attached hydrogens (tertiary/aromatic N) is 1. The second-order valence-corrected chi connectivity index (χ2v) is 5.63. The van der Waals surface area contributed by atoms with E-state index in [2.05, 4.69) is 46.7 Å². The van der Waals surface area contributed by atoms with E-state index in [9.17, 15) is 0 Å². The molecule has 1 fully saturated rings. The Morgan fingerprint density at radius 1 is 1.00 bits per heavy atom. The molecule has 2 atom stereocenters. The number of benzene rings is 2. The molecule has 1 aliphatic carbocycles. The van der Waals surface area contributed by atoms with E-state index in [-0.39, 0.29) is 0 Å². The van der Waals surface area contributed by atoms with Gasteiger partial charge in [-0.15, -0.1) is 0 Å². The highest BCUT2D eigenvalue weighted by Gasteiger charge is 2.38. The largest absolute Gasteiger partial charge is 0.398 e. The molecule has 3 N–H and O–H groups in total. The minimum atomic E-state index is 0.507. The molecule has 1 aliphatic rings. The van der Waals surface area contributed by atoms with Crippen molar-refractivity contribution in [1.82, 2.24) is 4.98 Å². The average molecular weight is 275 g/mol. The minimum Gasteiger partial charge on any atom is -0.398 e. The summed E-state index contributed by atoms with van der Waals surface area (Å²) in [6.07, 6.45) is 4.83. The Bertz CT molecular complexity index is 783. The number of anilines is 2. The van der Waals surface area contributed by atoms with Gasteiger partial charge in [0, 0.05) is 46.5 Å². The molecule has 0 aliphatic heterocycles. The van der Waals surface area contributed by atoms with E-state index < -0.39 is 0 Å². The van der Waals surface area contributed by atoms with Crippen LogP contribution in [0.15, 0.2) is 60.9 Å². The van der Waals surface area contributed by atoms with Crippen LogP contribution < -0.4 is 11.1 Å². The maximum atomic E-state index is 6.02. The lowest BCUT2D eigenvalue weighted by Crippen LogP contribution is -2.05. The number of nitrogens with two attached hydrogens (primary N) is 1. The fraction of sp³-hybridized carbons (Fsp3) is 0.167. The quantitative estimate of drug-likeness (QED) is 0.715. The zero-order valence-electron chi connectivity index (χ0n) is 11.7. The van der Waals surface area contributed by atoms with E-state index in [1.54, 1.807) is 0 Å². The maximum absolute atomic E-state index is 6.02. The van der Waals surface area contributed by atoms with Gasteiger partial charge < -0.3 is 11.1 Å². The van der Waals surface area contributed by atoms with Gasteiger partial charge in [0.2, 0.25) is 0 Å². The molecule has 2 aromatic carbocycles.